The average molecular weight is 1010 g/mol. The van der Waals surface area contributed by atoms with Crippen LogP contribution in [-0.2, 0) is 28.6 Å². The Morgan fingerprint density at radius 3 is 0.847 bits per heavy atom. The summed E-state index contributed by atoms with van der Waals surface area (Å²) in [7, 11) is 0. The first-order chi connectivity index (χ1) is 35.5. The van der Waals surface area contributed by atoms with Crippen molar-refractivity contribution in [2.75, 3.05) is 13.2 Å². The van der Waals surface area contributed by atoms with Crippen molar-refractivity contribution in [3.05, 3.63) is 60.8 Å². The van der Waals surface area contributed by atoms with Crippen LogP contribution in [0.5, 0.6) is 0 Å². The van der Waals surface area contributed by atoms with E-state index in [0.29, 0.717) is 19.3 Å². The summed E-state index contributed by atoms with van der Waals surface area (Å²) < 4.78 is 16.9. The van der Waals surface area contributed by atoms with E-state index >= 15 is 0 Å². The van der Waals surface area contributed by atoms with Crippen molar-refractivity contribution in [1.82, 2.24) is 0 Å². The molecule has 0 aromatic rings. The first kappa shape index (κ1) is 69.1. The van der Waals surface area contributed by atoms with E-state index in [1.165, 1.54) is 199 Å². The molecule has 6 heteroatoms. The number of hydrogen-bond donors (Lipinski definition) is 0. The topological polar surface area (TPSA) is 78.9 Å². The van der Waals surface area contributed by atoms with Crippen molar-refractivity contribution < 1.29 is 28.6 Å². The fourth-order valence-corrected chi connectivity index (χ4v) is 9.10. The minimum absolute atomic E-state index is 0.0823. The van der Waals surface area contributed by atoms with Crippen LogP contribution in [0.15, 0.2) is 60.8 Å². The third-order valence-electron chi connectivity index (χ3n) is 13.8. The Labute approximate surface area is 447 Å². The molecular weight excluding hydrogens is 889 g/mol. The van der Waals surface area contributed by atoms with Gasteiger partial charge in [-0.05, 0) is 70.6 Å². The minimum Gasteiger partial charge on any atom is -0.462 e. The molecule has 0 aliphatic rings. The van der Waals surface area contributed by atoms with Crippen LogP contribution >= 0.6 is 0 Å². The first-order valence-electron chi connectivity index (χ1n) is 31.3. The Bertz CT molecular complexity index is 1290. The largest absolute Gasteiger partial charge is 0.462 e. The van der Waals surface area contributed by atoms with E-state index in [2.05, 4.69) is 81.5 Å². The van der Waals surface area contributed by atoms with E-state index in [1.54, 1.807) is 0 Å². The van der Waals surface area contributed by atoms with Gasteiger partial charge in [0.25, 0.3) is 0 Å². The van der Waals surface area contributed by atoms with E-state index in [9.17, 15) is 14.4 Å². The Balaban J connectivity index is 4.40. The summed E-state index contributed by atoms with van der Waals surface area (Å²) in [5.74, 6) is -0.892. The molecule has 0 aromatic heterocycles. The summed E-state index contributed by atoms with van der Waals surface area (Å²) in [6.07, 6.45) is 76.4. The SMILES string of the molecule is CCCCC\C=C/C=C\C=C/C=C\CCCCCCCC(=O)OC(COC(=O)CCCCCCCCC/C=C\CCCCCCCCCC)COC(=O)CCCCCCCCCCCCCCCCCCC. The summed E-state index contributed by atoms with van der Waals surface area (Å²) in [5, 5.41) is 0. The lowest BCUT2D eigenvalue weighted by Gasteiger charge is -2.18. The predicted octanol–water partition coefficient (Wildman–Crippen LogP) is 21.2. The van der Waals surface area contributed by atoms with Gasteiger partial charge in [-0.2, -0.15) is 0 Å². The quantitative estimate of drug-likeness (QED) is 0.0199. The molecule has 0 bridgehead atoms. The van der Waals surface area contributed by atoms with Crippen LogP contribution in [-0.4, -0.2) is 37.2 Å². The van der Waals surface area contributed by atoms with E-state index in [-0.39, 0.29) is 31.1 Å². The fourth-order valence-electron chi connectivity index (χ4n) is 9.10. The van der Waals surface area contributed by atoms with E-state index in [0.717, 1.165) is 83.5 Å². The fraction of sp³-hybridized carbons (Fsp3) is 0.803. The van der Waals surface area contributed by atoms with Gasteiger partial charge in [0.1, 0.15) is 13.2 Å². The van der Waals surface area contributed by atoms with Crippen LogP contribution in [0.2, 0.25) is 0 Å². The van der Waals surface area contributed by atoms with Crippen LogP contribution < -0.4 is 0 Å². The second kappa shape index (κ2) is 60.7. The first-order valence-corrected chi connectivity index (χ1v) is 31.3. The summed E-state index contributed by atoms with van der Waals surface area (Å²) in [5.41, 5.74) is 0. The molecule has 0 aromatic carbocycles. The molecule has 0 fully saturated rings. The predicted molar refractivity (Wildman–Crippen MR) is 312 cm³/mol. The normalized spacial score (nSPS) is 12.4. The van der Waals surface area contributed by atoms with Crippen molar-refractivity contribution in [3.63, 3.8) is 0 Å². The van der Waals surface area contributed by atoms with Gasteiger partial charge in [0.2, 0.25) is 0 Å². The highest BCUT2D eigenvalue weighted by Gasteiger charge is 2.19. The molecule has 0 radical (unpaired) electrons. The molecule has 0 aliphatic carbocycles. The van der Waals surface area contributed by atoms with Crippen LogP contribution in [0.4, 0.5) is 0 Å². The van der Waals surface area contributed by atoms with E-state index in [1.807, 2.05) is 0 Å². The summed E-state index contributed by atoms with van der Waals surface area (Å²) >= 11 is 0. The minimum atomic E-state index is -0.788. The van der Waals surface area contributed by atoms with Gasteiger partial charge in [0.15, 0.2) is 6.10 Å². The van der Waals surface area contributed by atoms with Gasteiger partial charge >= 0.3 is 17.9 Å². The Morgan fingerprint density at radius 2 is 0.514 bits per heavy atom. The summed E-state index contributed by atoms with van der Waals surface area (Å²) in [6.45, 7) is 6.63. The number of esters is 3. The van der Waals surface area contributed by atoms with Crippen molar-refractivity contribution in [3.8, 4) is 0 Å². The van der Waals surface area contributed by atoms with Crippen LogP contribution in [0, 0.1) is 0 Å². The van der Waals surface area contributed by atoms with Gasteiger partial charge < -0.3 is 14.2 Å². The Hall–Kier alpha value is -2.89. The lowest BCUT2D eigenvalue weighted by atomic mass is 10.0. The highest BCUT2D eigenvalue weighted by atomic mass is 16.6. The third-order valence-corrected chi connectivity index (χ3v) is 13.8. The lowest BCUT2D eigenvalue weighted by Crippen LogP contribution is -2.30. The molecule has 0 saturated carbocycles. The molecule has 0 saturated heterocycles. The van der Waals surface area contributed by atoms with E-state index in [4.69, 9.17) is 14.2 Å². The van der Waals surface area contributed by atoms with Gasteiger partial charge in [-0.25, -0.2) is 0 Å². The number of rotatable bonds is 57. The maximum Gasteiger partial charge on any atom is 0.306 e. The number of carbonyl (C=O) groups is 3. The Kier molecular flexibility index (Phi) is 58.2. The van der Waals surface area contributed by atoms with Crippen molar-refractivity contribution >= 4 is 17.9 Å². The standard InChI is InChI=1S/C66H118O6/c1-4-7-10-13-16-19-22-25-28-31-33-36-38-41-44-47-50-53-56-59-65(68)71-62-63(61-70-64(67)58-55-52-49-46-43-40-37-34-30-27-24-21-18-15-12-9-6-3)72-66(69)60-57-54-51-48-45-42-39-35-32-29-26-23-20-17-14-11-8-5-2/h17,20,23,26,29,31-33,35,39,63H,4-16,18-19,21-22,24-25,27-28,30,34,36-38,40-62H2,1-3H3/b20-17-,26-23-,32-29-,33-31-,39-35-. The zero-order chi connectivity index (χ0) is 52.2. The van der Waals surface area contributed by atoms with Crippen LogP contribution in [0.1, 0.15) is 323 Å². The molecule has 0 aliphatic heterocycles. The molecule has 1 unspecified atom stereocenters. The molecule has 1 atom stereocenters. The number of carbonyl (C=O) groups excluding carboxylic acids is 3. The molecule has 418 valence electrons. The second-order valence-electron chi connectivity index (χ2n) is 21.1. The van der Waals surface area contributed by atoms with Crippen molar-refractivity contribution in [1.29, 1.82) is 0 Å². The maximum absolute atomic E-state index is 12.9. The molecule has 72 heavy (non-hydrogen) atoms. The molecule has 0 N–H and O–H groups in total. The zero-order valence-corrected chi connectivity index (χ0v) is 47.9. The van der Waals surface area contributed by atoms with Gasteiger partial charge in [-0.15, -0.1) is 0 Å². The van der Waals surface area contributed by atoms with Gasteiger partial charge in [0.05, 0.1) is 0 Å². The molecule has 6 nitrogen and oxygen atoms in total. The van der Waals surface area contributed by atoms with Crippen LogP contribution in [0.25, 0.3) is 0 Å². The second-order valence-corrected chi connectivity index (χ2v) is 21.1. The molecule has 0 spiro atoms. The van der Waals surface area contributed by atoms with Crippen molar-refractivity contribution in [2.24, 2.45) is 0 Å². The van der Waals surface area contributed by atoms with Gasteiger partial charge in [-0.1, -0.05) is 293 Å². The van der Waals surface area contributed by atoms with E-state index < -0.39 is 6.10 Å². The zero-order valence-electron chi connectivity index (χ0n) is 47.9. The van der Waals surface area contributed by atoms with Gasteiger partial charge in [-0.3, -0.25) is 14.4 Å². The highest BCUT2D eigenvalue weighted by molar-refractivity contribution is 5.71. The average Bonchev–Trinajstić information content (AvgIpc) is 3.38. The molecule has 0 amide bonds. The number of ether oxygens (including phenoxy) is 3. The summed E-state index contributed by atoms with van der Waals surface area (Å²) in [4.78, 5) is 38.3. The summed E-state index contributed by atoms with van der Waals surface area (Å²) in [6, 6.07) is 0. The Morgan fingerprint density at radius 1 is 0.278 bits per heavy atom. The monoisotopic (exact) mass is 1010 g/mol. The molecular formula is C66H118O6. The smallest absolute Gasteiger partial charge is 0.306 e. The lowest BCUT2D eigenvalue weighted by molar-refractivity contribution is -0.167. The van der Waals surface area contributed by atoms with Crippen molar-refractivity contribution in [2.45, 2.75) is 329 Å². The highest BCUT2D eigenvalue weighted by Crippen LogP contribution is 2.17. The molecule has 0 rings (SSSR count). The molecule has 0 heterocycles. The maximum atomic E-state index is 12.9. The number of unbranched alkanes of at least 4 members (excludes halogenated alkanes) is 39. The third kappa shape index (κ3) is 58.0. The number of hydrogen-bond acceptors (Lipinski definition) is 6. The van der Waals surface area contributed by atoms with Crippen LogP contribution in [0.3, 0.4) is 0 Å². The number of allylic oxidation sites excluding steroid dienone is 10. The van der Waals surface area contributed by atoms with Gasteiger partial charge in [0, 0.05) is 19.3 Å².